The molecule has 1 unspecified atom stereocenters. The summed E-state index contributed by atoms with van der Waals surface area (Å²) in [6, 6.07) is 4.24. The number of hydrogen-bond acceptors (Lipinski definition) is 5. The number of nitrogens with zero attached hydrogens (tertiary/aromatic N) is 5. The van der Waals surface area contributed by atoms with Crippen molar-refractivity contribution in [2.24, 2.45) is 7.05 Å². The normalized spacial score (nSPS) is 18.9. The summed E-state index contributed by atoms with van der Waals surface area (Å²) in [7, 11) is -1.75. The molecule has 3 heterocycles. The maximum Gasteiger partial charge on any atom is 0.246 e. The molecule has 27 heavy (non-hydrogen) atoms. The predicted molar refractivity (Wildman–Crippen MR) is 105 cm³/mol. The van der Waals surface area contributed by atoms with Crippen molar-refractivity contribution in [3.8, 4) is 0 Å². The molecule has 0 saturated carbocycles. The van der Waals surface area contributed by atoms with Crippen molar-refractivity contribution in [3.63, 3.8) is 0 Å². The fourth-order valence-electron chi connectivity index (χ4n) is 3.92. The highest BCUT2D eigenvalue weighted by atomic mass is 32.2. The Morgan fingerprint density at radius 3 is 2.56 bits per heavy atom. The molecule has 0 amide bonds. The summed E-state index contributed by atoms with van der Waals surface area (Å²) in [5.74, 6) is 0. The third kappa shape index (κ3) is 4.07. The second kappa shape index (κ2) is 8.08. The van der Waals surface area contributed by atoms with Crippen LogP contribution in [0.5, 0.6) is 0 Å². The molecular weight excluding hydrogens is 362 g/mol. The topological polar surface area (TPSA) is 71.3 Å². The van der Waals surface area contributed by atoms with E-state index in [0.29, 0.717) is 29.4 Å². The summed E-state index contributed by atoms with van der Waals surface area (Å²) in [6.07, 6.45) is 5.48. The van der Waals surface area contributed by atoms with Crippen molar-refractivity contribution < 1.29 is 8.42 Å². The molecule has 1 fully saturated rings. The Morgan fingerprint density at radius 1 is 1.26 bits per heavy atom. The quantitative estimate of drug-likeness (QED) is 0.754. The molecule has 0 N–H and O–H groups in total. The van der Waals surface area contributed by atoms with E-state index in [1.807, 2.05) is 19.1 Å². The summed E-state index contributed by atoms with van der Waals surface area (Å²) >= 11 is 0. The van der Waals surface area contributed by atoms with E-state index in [1.54, 1.807) is 35.4 Å². The van der Waals surface area contributed by atoms with Crippen LogP contribution in [0.25, 0.3) is 0 Å². The number of hydrogen-bond donors (Lipinski definition) is 0. The van der Waals surface area contributed by atoms with Crippen molar-refractivity contribution >= 4 is 10.0 Å². The maximum atomic E-state index is 13.3. The van der Waals surface area contributed by atoms with E-state index in [4.69, 9.17) is 0 Å². The fourth-order valence-corrected chi connectivity index (χ4v) is 5.83. The van der Waals surface area contributed by atoms with Crippen molar-refractivity contribution in [1.82, 2.24) is 24.0 Å². The van der Waals surface area contributed by atoms with E-state index in [9.17, 15) is 8.42 Å². The lowest BCUT2D eigenvalue weighted by Crippen LogP contribution is -2.49. The van der Waals surface area contributed by atoms with Crippen molar-refractivity contribution in [2.45, 2.75) is 51.1 Å². The van der Waals surface area contributed by atoms with Crippen LogP contribution >= 0.6 is 0 Å². The van der Waals surface area contributed by atoms with Gasteiger partial charge in [0.15, 0.2) is 0 Å². The van der Waals surface area contributed by atoms with Crippen molar-refractivity contribution in [3.05, 3.63) is 41.5 Å². The summed E-state index contributed by atoms with van der Waals surface area (Å²) < 4.78 is 29.9. The lowest BCUT2D eigenvalue weighted by atomic mass is 10.1. The minimum Gasteiger partial charge on any atom is -0.295 e. The largest absolute Gasteiger partial charge is 0.295 e. The zero-order chi connectivity index (χ0) is 19.6. The van der Waals surface area contributed by atoms with E-state index in [-0.39, 0.29) is 6.04 Å². The van der Waals surface area contributed by atoms with Gasteiger partial charge in [-0.3, -0.25) is 14.6 Å². The average molecular weight is 392 g/mol. The molecule has 0 aliphatic carbocycles. The molecule has 7 nitrogen and oxygen atoms in total. The van der Waals surface area contributed by atoms with E-state index in [0.717, 1.165) is 25.9 Å². The van der Waals surface area contributed by atoms with Crippen LogP contribution < -0.4 is 0 Å². The molecule has 2 aromatic heterocycles. The zero-order valence-electron chi connectivity index (χ0n) is 16.6. The van der Waals surface area contributed by atoms with Crippen LogP contribution in [0.2, 0.25) is 0 Å². The molecule has 0 aromatic carbocycles. The van der Waals surface area contributed by atoms with Crippen LogP contribution in [0.15, 0.2) is 29.4 Å². The number of aryl methyl sites for hydroxylation is 2. The zero-order valence-corrected chi connectivity index (χ0v) is 17.4. The van der Waals surface area contributed by atoms with Gasteiger partial charge in [0.25, 0.3) is 0 Å². The highest BCUT2D eigenvalue weighted by Gasteiger charge is 2.35. The minimum absolute atomic E-state index is 0.212. The highest BCUT2D eigenvalue weighted by molar-refractivity contribution is 7.89. The number of piperidine rings is 1. The molecule has 0 spiro atoms. The second-order valence-corrected chi connectivity index (χ2v) is 9.08. The van der Waals surface area contributed by atoms with E-state index in [2.05, 4.69) is 21.9 Å². The standard InChI is InChI=1S/C19H29N5O2S/c1-5-23(13-17-8-10-20-11-9-17)18-7-6-12-24(14-18)27(25,26)19-15(2)21-22(4)16(19)3/h8-11,18H,5-7,12-14H2,1-4H3. The SMILES string of the molecule is CCN(Cc1ccncc1)C1CCCN(S(=O)(=O)c2c(C)nn(C)c2C)C1. The smallest absolute Gasteiger partial charge is 0.246 e. The van der Waals surface area contributed by atoms with Gasteiger partial charge in [0, 0.05) is 45.1 Å². The lowest BCUT2D eigenvalue weighted by molar-refractivity contribution is 0.134. The van der Waals surface area contributed by atoms with Gasteiger partial charge in [0.05, 0.1) is 11.4 Å². The highest BCUT2D eigenvalue weighted by Crippen LogP contribution is 2.27. The first-order chi connectivity index (χ1) is 12.8. The van der Waals surface area contributed by atoms with Crippen LogP contribution in [-0.4, -0.2) is 58.1 Å². The molecule has 8 heteroatoms. The first-order valence-electron chi connectivity index (χ1n) is 9.48. The lowest BCUT2D eigenvalue weighted by Gasteiger charge is -2.38. The number of rotatable bonds is 6. The third-order valence-corrected chi connectivity index (χ3v) is 7.58. The number of pyridine rings is 1. The Bertz CT molecular complexity index is 879. The van der Waals surface area contributed by atoms with Gasteiger partial charge in [0.2, 0.25) is 10.0 Å². The Hall–Kier alpha value is -1.77. The van der Waals surface area contributed by atoms with Gasteiger partial charge in [-0.1, -0.05) is 6.92 Å². The van der Waals surface area contributed by atoms with Gasteiger partial charge < -0.3 is 0 Å². The van der Waals surface area contributed by atoms with Crippen LogP contribution in [0, 0.1) is 13.8 Å². The first kappa shape index (κ1) is 20.0. The third-order valence-electron chi connectivity index (χ3n) is 5.46. The van der Waals surface area contributed by atoms with Crippen LogP contribution in [0.4, 0.5) is 0 Å². The molecule has 3 rings (SSSR count). The minimum atomic E-state index is -3.54. The van der Waals surface area contributed by atoms with E-state index < -0.39 is 10.0 Å². The molecule has 1 aliphatic rings. The van der Waals surface area contributed by atoms with Gasteiger partial charge in [-0.2, -0.15) is 9.40 Å². The number of aromatic nitrogens is 3. The molecule has 1 saturated heterocycles. The van der Waals surface area contributed by atoms with Gasteiger partial charge >= 0.3 is 0 Å². The first-order valence-corrected chi connectivity index (χ1v) is 10.9. The average Bonchev–Trinajstić information content (AvgIpc) is 2.93. The summed E-state index contributed by atoms with van der Waals surface area (Å²) in [6.45, 7) is 8.49. The Morgan fingerprint density at radius 2 is 1.96 bits per heavy atom. The summed E-state index contributed by atoms with van der Waals surface area (Å²) in [5.41, 5.74) is 2.46. The van der Waals surface area contributed by atoms with Crippen LogP contribution in [0.3, 0.4) is 0 Å². The predicted octanol–water partition coefficient (Wildman–Crippen LogP) is 2.11. The Labute approximate surface area is 162 Å². The van der Waals surface area contributed by atoms with Crippen LogP contribution in [-0.2, 0) is 23.6 Å². The van der Waals surface area contributed by atoms with Crippen molar-refractivity contribution in [1.29, 1.82) is 0 Å². The molecular formula is C19H29N5O2S. The summed E-state index contributed by atoms with van der Waals surface area (Å²) in [4.78, 5) is 6.80. The van der Waals surface area contributed by atoms with E-state index in [1.165, 1.54) is 5.56 Å². The Kier molecular flexibility index (Phi) is 5.98. The molecule has 0 bridgehead atoms. The molecule has 0 radical (unpaired) electrons. The Balaban J connectivity index is 1.80. The van der Waals surface area contributed by atoms with Gasteiger partial charge in [0.1, 0.15) is 4.90 Å². The second-order valence-electron chi connectivity index (χ2n) is 7.20. The van der Waals surface area contributed by atoms with Gasteiger partial charge in [-0.15, -0.1) is 0 Å². The van der Waals surface area contributed by atoms with Gasteiger partial charge in [-0.05, 0) is 50.9 Å². The summed E-state index contributed by atoms with van der Waals surface area (Å²) in [5, 5.41) is 4.29. The number of likely N-dealkylation sites (N-methyl/N-ethyl adjacent to an activating group) is 1. The van der Waals surface area contributed by atoms with Gasteiger partial charge in [-0.25, -0.2) is 8.42 Å². The molecule has 1 atom stereocenters. The molecule has 1 aliphatic heterocycles. The monoisotopic (exact) mass is 391 g/mol. The van der Waals surface area contributed by atoms with E-state index >= 15 is 0 Å². The van der Waals surface area contributed by atoms with Crippen LogP contribution in [0.1, 0.15) is 36.7 Å². The number of sulfonamides is 1. The fraction of sp³-hybridized carbons (Fsp3) is 0.579. The molecule has 148 valence electrons. The molecule has 2 aromatic rings. The van der Waals surface area contributed by atoms with Crippen molar-refractivity contribution in [2.75, 3.05) is 19.6 Å². The maximum absolute atomic E-state index is 13.3.